The maximum absolute atomic E-state index is 13.8. The van der Waals surface area contributed by atoms with Crippen molar-refractivity contribution in [2.45, 2.75) is 39.1 Å². The van der Waals surface area contributed by atoms with Crippen molar-refractivity contribution in [1.29, 1.82) is 0 Å². The SMILES string of the molecule is CCOc1ccc([S+](c2ccccc2)c2ccc(OC(C(F)(F)F)C(F)(F)S(=O)(=O)O)cc2)cc1. The van der Waals surface area contributed by atoms with Crippen molar-refractivity contribution in [3.8, 4) is 11.5 Å². The molecule has 35 heavy (non-hydrogen) atoms. The van der Waals surface area contributed by atoms with E-state index in [9.17, 15) is 30.4 Å². The normalized spacial score (nSPS) is 14.3. The summed E-state index contributed by atoms with van der Waals surface area (Å²) in [6.07, 6.45) is -9.89. The van der Waals surface area contributed by atoms with Crippen molar-refractivity contribution >= 4 is 21.0 Å². The average Bonchev–Trinajstić information content (AvgIpc) is 2.79. The summed E-state index contributed by atoms with van der Waals surface area (Å²) in [5, 5.41) is -5.61. The first kappa shape index (κ1) is 26.8. The lowest BCUT2D eigenvalue weighted by Gasteiger charge is -2.26. The van der Waals surface area contributed by atoms with Gasteiger partial charge >= 0.3 is 21.5 Å². The maximum Gasteiger partial charge on any atom is 0.432 e. The number of alkyl halides is 5. The first-order valence-corrected chi connectivity index (χ1v) is 12.7. The molecule has 3 aromatic rings. The molecular formula is C23H20F5O5S2+. The number of hydrogen-bond donors (Lipinski definition) is 1. The van der Waals surface area contributed by atoms with Crippen molar-refractivity contribution in [2.75, 3.05) is 6.61 Å². The first-order chi connectivity index (χ1) is 16.3. The zero-order valence-corrected chi connectivity index (χ0v) is 19.7. The Morgan fingerprint density at radius 2 is 1.26 bits per heavy atom. The molecule has 12 heteroatoms. The summed E-state index contributed by atoms with van der Waals surface area (Å²) >= 11 is 0. The Kier molecular flexibility index (Phi) is 7.97. The van der Waals surface area contributed by atoms with Gasteiger partial charge in [-0.15, -0.1) is 0 Å². The molecule has 188 valence electrons. The molecule has 1 N–H and O–H groups in total. The molecule has 3 rings (SSSR count). The largest absolute Gasteiger partial charge is 0.494 e. The molecule has 0 saturated carbocycles. The summed E-state index contributed by atoms with van der Waals surface area (Å²) in [5.41, 5.74) is 0. The predicted octanol–water partition coefficient (Wildman–Crippen LogP) is 5.97. The van der Waals surface area contributed by atoms with E-state index in [1.54, 1.807) is 12.1 Å². The molecule has 0 bridgehead atoms. The van der Waals surface area contributed by atoms with Crippen LogP contribution >= 0.6 is 0 Å². The Hall–Kier alpha value is -2.83. The van der Waals surface area contributed by atoms with Gasteiger partial charge in [0.1, 0.15) is 11.5 Å². The minimum atomic E-state index is -6.39. The molecule has 0 aromatic heterocycles. The third kappa shape index (κ3) is 6.24. The van der Waals surface area contributed by atoms with Gasteiger partial charge in [-0.2, -0.15) is 30.4 Å². The van der Waals surface area contributed by atoms with Crippen LogP contribution in [-0.4, -0.2) is 37.1 Å². The molecule has 0 saturated heterocycles. The third-order valence-corrected chi connectivity index (χ3v) is 7.74. The van der Waals surface area contributed by atoms with Crippen LogP contribution in [-0.2, 0) is 21.0 Å². The molecular weight excluding hydrogens is 515 g/mol. The van der Waals surface area contributed by atoms with E-state index in [0.29, 0.717) is 17.3 Å². The van der Waals surface area contributed by atoms with Crippen LogP contribution in [0.3, 0.4) is 0 Å². The molecule has 0 fully saturated rings. The predicted molar refractivity (Wildman–Crippen MR) is 120 cm³/mol. The summed E-state index contributed by atoms with van der Waals surface area (Å²) < 4.78 is 107. The Morgan fingerprint density at radius 3 is 1.69 bits per heavy atom. The Balaban J connectivity index is 1.96. The molecule has 0 spiro atoms. The zero-order valence-electron chi connectivity index (χ0n) is 18.1. The smallest absolute Gasteiger partial charge is 0.432 e. The monoisotopic (exact) mass is 535 g/mol. The molecule has 0 heterocycles. The molecule has 0 amide bonds. The van der Waals surface area contributed by atoms with Crippen LogP contribution in [0.2, 0.25) is 0 Å². The van der Waals surface area contributed by atoms with E-state index in [0.717, 1.165) is 21.9 Å². The first-order valence-electron chi connectivity index (χ1n) is 10.0. The number of halogens is 5. The van der Waals surface area contributed by atoms with Crippen molar-refractivity contribution < 1.29 is 44.4 Å². The molecule has 0 aliphatic carbocycles. The van der Waals surface area contributed by atoms with Crippen LogP contribution < -0.4 is 9.47 Å². The zero-order chi connectivity index (χ0) is 25.9. The van der Waals surface area contributed by atoms with E-state index >= 15 is 0 Å². The van der Waals surface area contributed by atoms with Crippen LogP contribution in [0.5, 0.6) is 11.5 Å². The lowest BCUT2D eigenvalue weighted by atomic mass is 10.3. The summed E-state index contributed by atoms with van der Waals surface area (Å²) in [5.74, 6) is 0.0114. The van der Waals surface area contributed by atoms with Gasteiger partial charge in [-0.05, 0) is 67.6 Å². The summed E-state index contributed by atoms with van der Waals surface area (Å²) in [4.78, 5) is 2.38. The Morgan fingerprint density at radius 1 is 0.800 bits per heavy atom. The van der Waals surface area contributed by atoms with Crippen LogP contribution in [0.25, 0.3) is 0 Å². The van der Waals surface area contributed by atoms with Crippen molar-refractivity contribution in [3.05, 3.63) is 78.9 Å². The van der Waals surface area contributed by atoms with Crippen molar-refractivity contribution in [1.82, 2.24) is 0 Å². The summed E-state index contributed by atoms with van der Waals surface area (Å²) in [6, 6.07) is 21.4. The van der Waals surface area contributed by atoms with E-state index in [1.165, 1.54) is 12.1 Å². The number of rotatable bonds is 9. The standard InChI is InChI=1S/C23H19F5O5S2/c1-2-32-16-8-12-19(13-9-16)34(18-6-4-3-5-7-18)20-14-10-17(11-15-20)33-21(22(24,25)26)23(27,28)35(29,30)31/h3-15,21H,2H2,1H3/p+1. The highest BCUT2D eigenvalue weighted by Gasteiger charge is 2.65. The summed E-state index contributed by atoms with van der Waals surface area (Å²) in [6.45, 7) is 2.34. The van der Waals surface area contributed by atoms with Crippen LogP contribution in [0.4, 0.5) is 22.0 Å². The fourth-order valence-electron chi connectivity index (χ4n) is 3.06. The molecule has 0 aliphatic heterocycles. The molecule has 0 radical (unpaired) electrons. The second-order valence-corrected chi connectivity index (χ2v) is 10.6. The lowest BCUT2D eigenvalue weighted by molar-refractivity contribution is -0.239. The molecule has 3 aromatic carbocycles. The van der Waals surface area contributed by atoms with E-state index in [-0.39, 0.29) is 0 Å². The van der Waals surface area contributed by atoms with Gasteiger partial charge in [-0.3, -0.25) is 4.55 Å². The fraction of sp³-hybridized carbons (Fsp3) is 0.217. The summed E-state index contributed by atoms with van der Waals surface area (Å²) in [7, 11) is -7.11. The number of hydrogen-bond acceptors (Lipinski definition) is 4. The highest BCUT2D eigenvalue weighted by atomic mass is 32.2. The van der Waals surface area contributed by atoms with E-state index in [4.69, 9.17) is 9.29 Å². The molecule has 0 aliphatic rings. The van der Waals surface area contributed by atoms with Crippen molar-refractivity contribution in [2.24, 2.45) is 0 Å². The van der Waals surface area contributed by atoms with E-state index in [2.05, 4.69) is 4.74 Å². The van der Waals surface area contributed by atoms with Gasteiger partial charge in [0.2, 0.25) is 0 Å². The van der Waals surface area contributed by atoms with E-state index in [1.807, 2.05) is 49.4 Å². The minimum absolute atomic E-state index is 0.487. The van der Waals surface area contributed by atoms with Gasteiger partial charge in [-0.1, -0.05) is 18.2 Å². The third-order valence-electron chi connectivity index (χ3n) is 4.61. The number of ether oxygens (including phenoxy) is 2. The lowest BCUT2D eigenvalue weighted by Crippen LogP contribution is -2.53. The van der Waals surface area contributed by atoms with Gasteiger partial charge in [0, 0.05) is 0 Å². The second-order valence-electron chi connectivity index (χ2n) is 7.07. The fourth-order valence-corrected chi connectivity index (χ4v) is 5.57. The molecule has 2 atom stereocenters. The van der Waals surface area contributed by atoms with Gasteiger partial charge in [-0.25, -0.2) is 0 Å². The Bertz CT molecular complexity index is 1220. The topological polar surface area (TPSA) is 72.8 Å². The minimum Gasteiger partial charge on any atom is -0.494 e. The molecule has 5 nitrogen and oxygen atoms in total. The van der Waals surface area contributed by atoms with Crippen LogP contribution in [0, 0.1) is 0 Å². The quantitative estimate of drug-likeness (QED) is 0.208. The van der Waals surface area contributed by atoms with E-state index < -0.39 is 44.3 Å². The molecule has 2 unspecified atom stereocenters. The van der Waals surface area contributed by atoms with Gasteiger partial charge < -0.3 is 9.47 Å². The average molecular weight is 536 g/mol. The Labute approximate surface area is 201 Å². The van der Waals surface area contributed by atoms with Crippen LogP contribution in [0.15, 0.2) is 93.5 Å². The highest BCUT2D eigenvalue weighted by Crippen LogP contribution is 2.39. The number of benzene rings is 3. The van der Waals surface area contributed by atoms with Crippen molar-refractivity contribution in [3.63, 3.8) is 0 Å². The highest BCUT2D eigenvalue weighted by molar-refractivity contribution is 7.97. The maximum atomic E-state index is 13.8. The van der Waals surface area contributed by atoms with Gasteiger partial charge in [0.05, 0.1) is 17.5 Å². The second kappa shape index (κ2) is 10.4. The van der Waals surface area contributed by atoms with Gasteiger partial charge in [0.25, 0.3) is 6.10 Å². The van der Waals surface area contributed by atoms with Crippen LogP contribution in [0.1, 0.15) is 6.92 Å². The van der Waals surface area contributed by atoms with Gasteiger partial charge in [0.15, 0.2) is 14.7 Å².